The first-order valence-electron chi connectivity index (χ1n) is 8.61. The molecule has 0 fully saturated rings. The summed E-state index contributed by atoms with van der Waals surface area (Å²) in [6.07, 6.45) is 1.28. The first kappa shape index (κ1) is 19.4. The maximum Gasteiger partial charge on any atom is 0.335 e. The molecule has 4 rings (SSSR count). The number of methoxy groups -OCH3 is 1. The number of carboxylic acids is 1. The number of carbonyl (C=O) groups is 2. The van der Waals surface area contributed by atoms with E-state index >= 15 is 0 Å². The molecular weight excluding hydrogens is 412 g/mol. The van der Waals surface area contributed by atoms with Gasteiger partial charge in [0.15, 0.2) is 11.4 Å². The van der Waals surface area contributed by atoms with Crippen LogP contribution in [-0.2, 0) is 0 Å². The van der Waals surface area contributed by atoms with Gasteiger partial charge in [-0.2, -0.15) is 0 Å². The van der Waals surface area contributed by atoms with Gasteiger partial charge in [-0.1, -0.05) is 11.6 Å². The summed E-state index contributed by atoms with van der Waals surface area (Å²) in [6.45, 7) is 0. The Bertz CT molecular complexity index is 1430. The van der Waals surface area contributed by atoms with Crippen molar-refractivity contribution in [2.75, 3.05) is 7.11 Å². The molecule has 0 bridgehead atoms. The van der Waals surface area contributed by atoms with E-state index in [9.17, 15) is 19.5 Å². The lowest BCUT2D eigenvalue weighted by atomic mass is 10.0. The topological polar surface area (TPSA) is 118 Å². The number of benzene rings is 2. The van der Waals surface area contributed by atoms with Crippen LogP contribution in [0.1, 0.15) is 26.3 Å². The molecule has 2 aromatic carbocycles. The van der Waals surface area contributed by atoms with Gasteiger partial charge in [-0.25, -0.2) is 9.78 Å². The number of carbonyl (C=O) groups excluding carboxylic acids is 1. The van der Waals surface area contributed by atoms with Gasteiger partial charge in [0, 0.05) is 11.8 Å². The Morgan fingerprint density at radius 2 is 1.87 bits per heavy atom. The summed E-state index contributed by atoms with van der Waals surface area (Å²) in [7, 11) is 1.43. The third-order valence-corrected chi connectivity index (χ3v) is 4.90. The molecule has 0 saturated heterocycles. The number of phenols is 1. The lowest BCUT2D eigenvalue weighted by molar-refractivity contribution is 0.0696. The molecule has 0 aliphatic rings. The van der Waals surface area contributed by atoms with E-state index in [-0.39, 0.29) is 44.0 Å². The molecule has 0 unspecified atom stereocenters. The first-order chi connectivity index (χ1) is 14.3. The SMILES string of the molecule is COc1ccc(O)c(C(=O)c2cc(Cl)c3nc4cc(C(=O)O)ccc4c(=O)n3c2)c1. The number of aromatic hydroxyl groups is 1. The molecule has 150 valence electrons. The largest absolute Gasteiger partial charge is 0.507 e. The molecule has 2 heterocycles. The molecule has 2 aromatic heterocycles. The molecule has 0 spiro atoms. The van der Waals surface area contributed by atoms with Crippen molar-refractivity contribution in [1.29, 1.82) is 0 Å². The molecule has 0 atom stereocenters. The summed E-state index contributed by atoms with van der Waals surface area (Å²) in [6, 6.07) is 9.48. The van der Waals surface area contributed by atoms with Crippen molar-refractivity contribution >= 4 is 39.9 Å². The van der Waals surface area contributed by atoms with Crippen molar-refractivity contribution in [1.82, 2.24) is 9.38 Å². The molecule has 0 saturated carbocycles. The minimum atomic E-state index is -1.15. The van der Waals surface area contributed by atoms with Crippen molar-refractivity contribution < 1.29 is 24.5 Å². The van der Waals surface area contributed by atoms with Gasteiger partial charge in [0.2, 0.25) is 0 Å². The highest BCUT2D eigenvalue weighted by Crippen LogP contribution is 2.27. The standard InChI is InChI=1S/C21H13ClN2O6/c1-30-12-3-5-17(25)14(8-12)18(26)11-6-15(22)19-23-16-7-10(21(28)29)2-4-13(16)20(27)24(19)9-11/h2-9,25H,1H3,(H,28,29). The summed E-state index contributed by atoms with van der Waals surface area (Å²) in [5.74, 6) is -1.59. The second-order valence-corrected chi connectivity index (χ2v) is 6.84. The number of rotatable bonds is 4. The van der Waals surface area contributed by atoms with E-state index in [1.165, 1.54) is 55.8 Å². The van der Waals surface area contributed by atoms with Crippen LogP contribution in [0.3, 0.4) is 0 Å². The van der Waals surface area contributed by atoms with E-state index < -0.39 is 17.3 Å². The third kappa shape index (κ3) is 3.13. The molecule has 0 aliphatic carbocycles. The van der Waals surface area contributed by atoms with Crippen molar-refractivity contribution in [3.8, 4) is 11.5 Å². The van der Waals surface area contributed by atoms with Crippen LogP contribution < -0.4 is 10.3 Å². The summed E-state index contributed by atoms with van der Waals surface area (Å²) in [4.78, 5) is 41.4. The number of pyridine rings is 1. The van der Waals surface area contributed by atoms with Crippen molar-refractivity contribution in [3.05, 3.63) is 80.7 Å². The van der Waals surface area contributed by atoms with Crippen LogP contribution in [0.25, 0.3) is 16.6 Å². The zero-order valence-electron chi connectivity index (χ0n) is 15.4. The fraction of sp³-hybridized carbons (Fsp3) is 0.0476. The maximum absolute atomic E-state index is 13.0. The predicted octanol–water partition coefficient (Wildman–Crippen LogP) is 3.14. The number of aromatic carboxylic acids is 1. The molecule has 2 N–H and O–H groups in total. The average Bonchev–Trinajstić information content (AvgIpc) is 2.74. The highest BCUT2D eigenvalue weighted by atomic mass is 35.5. The fourth-order valence-corrected chi connectivity index (χ4v) is 3.35. The van der Waals surface area contributed by atoms with Gasteiger partial charge in [-0.05, 0) is 42.5 Å². The van der Waals surface area contributed by atoms with Gasteiger partial charge < -0.3 is 14.9 Å². The van der Waals surface area contributed by atoms with E-state index in [0.29, 0.717) is 5.75 Å². The Labute approximate surface area is 173 Å². The Balaban J connectivity index is 1.94. The van der Waals surface area contributed by atoms with Gasteiger partial charge in [0.25, 0.3) is 5.56 Å². The Hall–Kier alpha value is -3.91. The zero-order valence-corrected chi connectivity index (χ0v) is 16.2. The number of carboxylic acid groups (broad SMARTS) is 1. The van der Waals surface area contributed by atoms with Crippen molar-refractivity contribution in [3.63, 3.8) is 0 Å². The normalized spacial score (nSPS) is 11.0. The van der Waals surface area contributed by atoms with Crippen LogP contribution >= 0.6 is 11.6 Å². The van der Waals surface area contributed by atoms with E-state index in [1.54, 1.807) is 0 Å². The van der Waals surface area contributed by atoms with Crippen molar-refractivity contribution in [2.24, 2.45) is 0 Å². The van der Waals surface area contributed by atoms with Gasteiger partial charge in [0.05, 0.1) is 34.2 Å². The Kier molecular flexibility index (Phi) is 4.63. The molecule has 0 radical (unpaired) electrons. The van der Waals surface area contributed by atoms with Crippen LogP contribution in [0.5, 0.6) is 11.5 Å². The fourth-order valence-electron chi connectivity index (χ4n) is 3.10. The molecule has 30 heavy (non-hydrogen) atoms. The third-order valence-electron chi connectivity index (χ3n) is 4.62. The number of fused-ring (bicyclic) bond motifs is 2. The summed E-state index contributed by atoms with van der Waals surface area (Å²) in [5, 5.41) is 19.4. The Morgan fingerprint density at radius 1 is 1.10 bits per heavy atom. The van der Waals surface area contributed by atoms with E-state index in [2.05, 4.69) is 4.98 Å². The number of hydrogen-bond acceptors (Lipinski definition) is 6. The summed E-state index contributed by atoms with van der Waals surface area (Å²) >= 11 is 6.29. The molecule has 9 heteroatoms. The van der Waals surface area contributed by atoms with Gasteiger partial charge in [-0.3, -0.25) is 14.0 Å². The number of ketones is 1. The van der Waals surface area contributed by atoms with Crippen LogP contribution in [-0.4, -0.2) is 38.5 Å². The smallest absolute Gasteiger partial charge is 0.335 e. The highest BCUT2D eigenvalue weighted by molar-refractivity contribution is 6.34. The minimum absolute atomic E-state index is 0.0161. The summed E-state index contributed by atoms with van der Waals surface area (Å²) in [5.41, 5.74) is -0.248. The highest BCUT2D eigenvalue weighted by Gasteiger charge is 2.19. The first-order valence-corrected chi connectivity index (χ1v) is 8.98. The number of phenolic OH excluding ortho intramolecular Hbond substituents is 1. The second kappa shape index (κ2) is 7.16. The number of aromatic nitrogens is 2. The predicted molar refractivity (Wildman–Crippen MR) is 109 cm³/mol. The van der Waals surface area contributed by atoms with E-state index in [0.717, 1.165) is 4.40 Å². The van der Waals surface area contributed by atoms with Crippen molar-refractivity contribution in [2.45, 2.75) is 0 Å². The van der Waals surface area contributed by atoms with E-state index in [4.69, 9.17) is 21.4 Å². The van der Waals surface area contributed by atoms with Crippen LogP contribution in [0.2, 0.25) is 5.02 Å². The zero-order chi connectivity index (χ0) is 21.6. The monoisotopic (exact) mass is 424 g/mol. The Morgan fingerprint density at radius 3 is 2.57 bits per heavy atom. The second-order valence-electron chi connectivity index (χ2n) is 6.44. The number of halogens is 1. The lowest BCUT2D eigenvalue weighted by Crippen LogP contribution is -2.17. The molecule has 8 nitrogen and oxygen atoms in total. The summed E-state index contributed by atoms with van der Waals surface area (Å²) < 4.78 is 6.21. The van der Waals surface area contributed by atoms with Gasteiger partial charge >= 0.3 is 5.97 Å². The van der Waals surface area contributed by atoms with Gasteiger partial charge in [-0.15, -0.1) is 0 Å². The average molecular weight is 425 g/mol. The minimum Gasteiger partial charge on any atom is -0.507 e. The molecule has 0 amide bonds. The van der Waals surface area contributed by atoms with Crippen LogP contribution in [0.15, 0.2) is 53.5 Å². The number of nitrogens with zero attached hydrogens (tertiary/aromatic N) is 2. The quantitative estimate of drug-likeness (QED) is 0.381. The molecular formula is C21H13ClN2O6. The number of ether oxygens (including phenoxy) is 1. The number of hydrogen-bond donors (Lipinski definition) is 2. The molecule has 0 aliphatic heterocycles. The maximum atomic E-state index is 13.0. The van der Waals surface area contributed by atoms with Crippen LogP contribution in [0.4, 0.5) is 0 Å². The van der Waals surface area contributed by atoms with Gasteiger partial charge in [0.1, 0.15) is 11.5 Å². The van der Waals surface area contributed by atoms with Crippen LogP contribution in [0, 0.1) is 0 Å². The lowest BCUT2D eigenvalue weighted by Gasteiger charge is -2.10. The van der Waals surface area contributed by atoms with E-state index in [1.807, 2.05) is 0 Å². The molecule has 4 aromatic rings.